The SMILES string of the molecule is O=C(COc1ccc(Cl)cc1Cl)OC1CCCC1. The average molecular weight is 289 g/mol. The Bertz CT molecular complexity index is 428. The summed E-state index contributed by atoms with van der Waals surface area (Å²) < 4.78 is 10.6. The molecule has 3 nitrogen and oxygen atoms in total. The van der Waals surface area contributed by atoms with Gasteiger partial charge in [0.15, 0.2) is 6.61 Å². The van der Waals surface area contributed by atoms with E-state index in [9.17, 15) is 4.79 Å². The topological polar surface area (TPSA) is 35.5 Å². The zero-order valence-electron chi connectivity index (χ0n) is 9.83. The minimum Gasteiger partial charge on any atom is -0.480 e. The molecule has 0 unspecified atom stereocenters. The molecule has 1 aliphatic rings. The van der Waals surface area contributed by atoms with E-state index in [4.69, 9.17) is 32.7 Å². The highest BCUT2D eigenvalue weighted by atomic mass is 35.5. The van der Waals surface area contributed by atoms with E-state index in [0.29, 0.717) is 15.8 Å². The third-order valence-electron chi connectivity index (χ3n) is 2.84. The van der Waals surface area contributed by atoms with Gasteiger partial charge >= 0.3 is 5.97 Å². The first-order valence-corrected chi connectivity index (χ1v) is 6.68. The summed E-state index contributed by atoms with van der Waals surface area (Å²) in [6.07, 6.45) is 4.21. The molecule has 1 aliphatic carbocycles. The van der Waals surface area contributed by atoms with Crippen LogP contribution in [-0.2, 0) is 9.53 Å². The number of rotatable bonds is 4. The van der Waals surface area contributed by atoms with E-state index in [2.05, 4.69) is 0 Å². The maximum absolute atomic E-state index is 11.5. The summed E-state index contributed by atoms with van der Waals surface area (Å²) >= 11 is 11.7. The Morgan fingerprint density at radius 2 is 2.00 bits per heavy atom. The number of carbonyl (C=O) groups excluding carboxylic acids is 1. The second kappa shape index (κ2) is 6.30. The van der Waals surface area contributed by atoms with E-state index < -0.39 is 0 Å². The summed E-state index contributed by atoms with van der Waals surface area (Å²) in [7, 11) is 0. The van der Waals surface area contributed by atoms with Crippen molar-refractivity contribution in [3.8, 4) is 5.75 Å². The van der Waals surface area contributed by atoms with E-state index in [1.807, 2.05) is 0 Å². The second-order valence-corrected chi connectivity index (χ2v) is 5.10. The fraction of sp³-hybridized carbons (Fsp3) is 0.462. The summed E-state index contributed by atoms with van der Waals surface area (Å²) in [5.74, 6) is 0.0809. The minimum absolute atomic E-state index is 0.0572. The monoisotopic (exact) mass is 288 g/mol. The van der Waals surface area contributed by atoms with Crippen LogP contribution in [0, 0.1) is 0 Å². The number of hydrogen-bond acceptors (Lipinski definition) is 3. The molecule has 0 aromatic heterocycles. The van der Waals surface area contributed by atoms with Crippen molar-refractivity contribution in [1.82, 2.24) is 0 Å². The third kappa shape index (κ3) is 3.79. The van der Waals surface area contributed by atoms with Crippen LogP contribution in [0.25, 0.3) is 0 Å². The van der Waals surface area contributed by atoms with Gasteiger partial charge in [0.2, 0.25) is 0 Å². The summed E-state index contributed by atoms with van der Waals surface area (Å²) in [6, 6.07) is 4.86. The van der Waals surface area contributed by atoms with Crippen LogP contribution in [0.15, 0.2) is 18.2 Å². The first-order valence-electron chi connectivity index (χ1n) is 5.92. The lowest BCUT2D eigenvalue weighted by Crippen LogP contribution is -2.20. The van der Waals surface area contributed by atoms with Gasteiger partial charge in [0.25, 0.3) is 0 Å². The zero-order valence-corrected chi connectivity index (χ0v) is 11.3. The molecule has 5 heteroatoms. The Kier molecular flexibility index (Phi) is 4.72. The zero-order chi connectivity index (χ0) is 13.0. The molecule has 0 radical (unpaired) electrons. The predicted octanol–water partition coefficient (Wildman–Crippen LogP) is 3.86. The maximum atomic E-state index is 11.5. The molecule has 0 atom stereocenters. The molecule has 2 rings (SSSR count). The maximum Gasteiger partial charge on any atom is 0.344 e. The van der Waals surface area contributed by atoms with Crippen LogP contribution in [-0.4, -0.2) is 18.7 Å². The smallest absolute Gasteiger partial charge is 0.344 e. The molecule has 0 heterocycles. The Balaban J connectivity index is 1.81. The Morgan fingerprint density at radius 3 is 2.67 bits per heavy atom. The van der Waals surface area contributed by atoms with Gasteiger partial charge in [-0.1, -0.05) is 23.2 Å². The summed E-state index contributed by atoms with van der Waals surface area (Å²) in [5, 5.41) is 0.914. The number of benzene rings is 1. The van der Waals surface area contributed by atoms with Gasteiger partial charge in [-0.15, -0.1) is 0 Å². The fourth-order valence-electron chi connectivity index (χ4n) is 1.96. The van der Waals surface area contributed by atoms with Crippen LogP contribution >= 0.6 is 23.2 Å². The summed E-state index contributed by atoms with van der Waals surface area (Å²) in [5.41, 5.74) is 0. The Morgan fingerprint density at radius 1 is 1.28 bits per heavy atom. The number of ether oxygens (including phenoxy) is 2. The molecular weight excluding hydrogens is 275 g/mol. The summed E-state index contributed by atoms with van der Waals surface area (Å²) in [6.45, 7) is -0.127. The van der Waals surface area contributed by atoms with Gasteiger partial charge in [-0.05, 0) is 43.9 Å². The van der Waals surface area contributed by atoms with Gasteiger partial charge in [-0.25, -0.2) is 4.79 Å². The van der Waals surface area contributed by atoms with Crippen LogP contribution in [0.4, 0.5) is 0 Å². The third-order valence-corrected chi connectivity index (χ3v) is 3.37. The van der Waals surface area contributed by atoms with Crippen molar-refractivity contribution in [1.29, 1.82) is 0 Å². The predicted molar refractivity (Wildman–Crippen MR) is 70.3 cm³/mol. The van der Waals surface area contributed by atoms with Gasteiger partial charge in [-0.2, -0.15) is 0 Å². The average Bonchev–Trinajstić information content (AvgIpc) is 2.80. The van der Waals surface area contributed by atoms with Crippen LogP contribution in [0.3, 0.4) is 0 Å². The highest BCUT2D eigenvalue weighted by Gasteiger charge is 2.19. The van der Waals surface area contributed by atoms with Crippen LogP contribution in [0.2, 0.25) is 10.0 Å². The normalized spacial score (nSPS) is 15.7. The molecule has 0 bridgehead atoms. The molecule has 1 aromatic rings. The second-order valence-electron chi connectivity index (χ2n) is 4.26. The highest BCUT2D eigenvalue weighted by molar-refractivity contribution is 6.35. The van der Waals surface area contributed by atoms with Crippen molar-refractivity contribution >= 4 is 29.2 Å². The standard InChI is InChI=1S/C13H14Cl2O3/c14-9-5-6-12(11(15)7-9)17-8-13(16)18-10-3-1-2-4-10/h5-7,10H,1-4,8H2. The van der Waals surface area contributed by atoms with Crippen molar-refractivity contribution in [2.45, 2.75) is 31.8 Å². The first kappa shape index (κ1) is 13.5. The van der Waals surface area contributed by atoms with Crippen LogP contribution in [0.1, 0.15) is 25.7 Å². The minimum atomic E-state index is -0.354. The molecule has 98 valence electrons. The van der Waals surface area contributed by atoms with Crippen molar-refractivity contribution < 1.29 is 14.3 Å². The first-order chi connectivity index (χ1) is 8.65. The molecule has 1 aromatic carbocycles. The van der Waals surface area contributed by atoms with Gasteiger partial charge in [0.1, 0.15) is 11.9 Å². The fourth-order valence-corrected chi connectivity index (χ4v) is 2.42. The van der Waals surface area contributed by atoms with Crippen molar-refractivity contribution in [2.24, 2.45) is 0 Å². The molecule has 0 N–H and O–H groups in total. The molecule has 0 amide bonds. The van der Waals surface area contributed by atoms with E-state index in [1.54, 1.807) is 18.2 Å². The lowest BCUT2D eigenvalue weighted by Gasteiger charge is -2.12. The van der Waals surface area contributed by atoms with Crippen LogP contribution in [0.5, 0.6) is 5.75 Å². The number of hydrogen-bond donors (Lipinski definition) is 0. The van der Waals surface area contributed by atoms with E-state index in [1.165, 1.54) is 0 Å². The number of carbonyl (C=O) groups is 1. The lowest BCUT2D eigenvalue weighted by molar-refractivity contribution is -0.151. The van der Waals surface area contributed by atoms with E-state index >= 15 is 0 Å². The molecule has 0 saturated heterocycles. The van der Waals surface area contributed by atoms with Gasteiger partial charge in [0, 0.05) is 5.02 Å². The van der Waals surface area contributed by atoms with Gasteiger partial charge in [-0.3, -0.25) is 0 Å². The Labute approximate surface area is 116 Å². The molecule has 1 fully saturated rings. The molecule has 0 spiro atoms. The van der Waals surface area contributed by atoms with E-state index in [0.717, 1.165) is 25.7 Å². The largest absolute Gasteiger partial charge is 0.480 e. The van der Waals surface area contributed by atoms with Crippen molar-refractivity contribution in [3.05, 3.63) is 28.2 Å². The number of esters is 1. The molecule has 18 heavy (non-hydrogen) atoms. The van der Waals surface area contributed by atoms with Gasteiger partial charge in [0.05, 0.1) is 5.02 Å². The lowest BCUT2D eigenvalue weighted by atomic mass is 10.3. The van der Waals surface area contributed by atoms with E-state index in [-0.39, 0.29) is 18.7 Å². The number of halogens is 2. The molecule has 1 saturated carbocycles. The van der Waals surface area contributed by atoms with Crippen molar-refractivity contribution in [3.63, 3.8) is 0 Å². The molecule has 0 aliphatic heterocycles. The Hall–Kier alpha value is -0.930. The summed E-state index contributed by atoms with van der Waals surface area (Å²) in [4.78, 5) is 11.5. The molecular formula is C13H14Cl2O3. The van der Waals surface area contributed by atoms with Crippen LogP contribution < -0.4 is 4.74 Å². The van der Waals surface area contributed by atoms with Crippen molar-refractivity contribution in [2.75, 3.05) is 6.61 Å². The highest BCUT2D eigenvalue weighted by Crippen LogP contribution is 2.27. The van der Waals surface area contributed by atoms with Gasteiger partial charge < -0.3 is 9.47 Å². The quantitative estimate of drug-likeness (QED) is 0.790.